The number of halogens is 1. The van der Waals surface area contributed by atoms with Gasteiger partial charge in [-0.2, -0.15) is 0 Å². The molecule has 2 aromatic rings. The van der Waals surface area contributed by atoms with Crippen molar-refractivity contribution in [1.29, 1.82) is 0 Å². The lowest BCUT2D eigenvalue weighted by atomic mass is 9.96. The van der Waals surface area contributed by atoms with E-state index in [0.29, 0.717) is 5.92 Å². The maximum atomic E-state index is 5.74. The van der Waals surface area contributed by atoms with Crippen molar-refractivity contribution in [3.05, 3.63) is 33.4 Å². The Kier molecular flexibility index (Phi) is 3.59. The van der Waals surface area contributed by atoms with Crippen LogP contribution in [0.25, 0.3) is 10.9 Å². The standard InChI is InChI=1S/C14H18BrN3/c1-7(2)11-9(4)17-13-8(3)5-6-10(15)12(13)14(11)18-16/h5-7H,16H2,1-4H3,(H,17,18). The number of fused-ring (bicyclic) bond motifs is 1. The Morgan fingerprint density at radius 3 is 2.50 bits per heavy atom. The fourth-order valence-electron chi connectivity index (χ4n) is 2.45. The average molecular weight is 308 g/mol. The van der Waals surface area contributed by atoms with E-state index < -0.39 is 0 Å². The Morgan fingerprint density at radius 2 is 1.94 bits per heavy atom. The van der Waals surface area contributed by atoms with Crippen LogP contribution in [0.1, 0.15) is 36.6 Å². The van der Waals surface area contributed by atoms with Crippen molar-refractivity contribution in [2.45, 2.75) is 33.6 Å². The number of nitrogens with one attached hydrogen (secondary N) is 1. The van der Waals surface area contributed by atoms with Crippen molar-refractivity contribution >= 4 is 32.5 Å². The van der Waals surface area contributed by atoms with Crippen LogP contribution in [0.15, 0.2) is 16.6 Å². The highest BCUT2D eigenvalue weighted by Gasteiger charge is 2.17. The maximum absolute atomic E-state index is 5.74. The molecule has 0 fully saturated rings. The fourth-order valence-corrected chi connectivity index (χ4v) is 2.97. The molecule has 0 radical (unpaired) electrons. The Bertz CT molecular complexity index is 606. The quantitative estimate of drug-likeness (QED) is 0.650. The number of nitrogens with zero attached hydrogens (tertiary/aromatic N) is 1. The molecule has 0 unspecified atom stereocenters. The molecule has 96 valence electrons. The lowest BCUT2D eigenvalue weighted by Gasteiger charge is -2.19. The number of benzene rings is 1. The Hall–Kier alpha value is -1.13. The molecule has 2 rings (SSSR count). The Labute approximate surface area is 116 Å². The minimum Gasteiger partial charge on any atom is -0.323 e. The van der Waals surface area contributed by atoms with Crippen molar-refractivity contribution in [3.63, 3.8) is 0 Å². The number of hydrogen-bond acceptors (Lipinski definition) is 3. The summed E-state index contributed by atoms with van der Waals surface area (Å²) in [6, 6.07) is 4.10. The summed E-state index contributed by atoms with van der Waals surface area (Å²) >= 11 is 3.59. The number of aryl methyl sites for hydroxylation is 2. The number of hydrazine groups is 1. The van der Waals surface area contributed by atoms with Crippen LogP contribution >= 0.6 is 15.9 Å². The third-order valence-electron chi connectivity index (χ3n) is 3.24. The third-order valence-corrected chi connectivity index (χ3v) is 3.90. The molecule has 0 bridgehead atoms. The maximum Gasteiger partial charge on any atom is 0.0767 e. The zero-order valence-corrected chi connectivity index (χ0v) is 12.7. The van der Waals surface area contributed by atoms with Crippen LogP contribution in [-0.2, 0) is 0 Å². The molecule has 3 N–H and O–H groups in total. The van der Waals surface area contributed by atoms with Gasteiger partial charge < -0.3 is 5.43 Å². The predicted molar refractivity (Wildman–Crippen MR) is 80.8 cm³/mol. The van der Waals surface area contributed by atoms with E-state index in [-0.39, 0.29) is 0 Å². The van der Waals surface area contributed by atoms with E-state index in [9.17, 15) is 0 Å². The van der Waals surface area contributed by atoms with Crippen molar-refractivity contribution in [1.82, 2.24) is 4.98 Å². The van der Waals surface area contributed by atoms with E-state index in [4.69, 9.17) is 10.8 Å². The van der Waals surface area contributed by atoms with Crippen molar-refractivity contribution in [2.75, 3.05) is 5.43 Å². The highest BCUT2D eigenvalue weighted by atomic mass is 79.9. The van der Waals surface area contributed by atoms with Gasteiger partial charge in [-0.25, -0.2) is 0 Å². The molecule has 0 aliphatic carbocycles. The van der Waals surface area contributed by atoms with Crippen molar-refractivity contribution in [3.8, 4) is 0 Å². The minimum atomic E-state index is 0.375. The van der Waals surface area contributed by atoms with Crippen LogP contribution in [0.5, 0.6) is 0 Å². The van der Waals surface area contributed by atoms with Gasteiger partial charge in [0, 0.05) is 21.1 Å². The van der Waals surface area contributed by atoms with Gasteiger partial charge in [-0.3, -0.25) is 10.8 Å². The second kappa shape index (κ2) is 4.86. The Morgan fingerprint density at radius 1 is 1.28 bits per heavy atom. The molecule has 0 aliphatic rings. The van der Waals surface area contributed by atoms with E-state index in [0.717, 1.165) is 32.3 Å². The summed E-state index contributed by atoms with van der Waals surface area (Å²) in [4.78, 5) is 4.74. The number of hydrogen-bond donors (Lipinski definition) is 2. The summed E-state index contributed by atoms with van der Waals surface area (Å²) in [7, 11) is 0. The smallest absolute Gasteiger partial charge is 0.0767 e. The Balaban J connectivity index is 2.99. The number of aromatic nitrogens is 1. The highest BCUT2D eigenvalue weighted by molar-refractivity contribution is 9.10. The van der Waals surface area contributed by atoms with Gasteiger partial charge in [0.25, 0.3) is 0 Å². The first-order valence-corrected chi connectivity index (χ1v) is 6.82. The first-order valence-electron chi connectivity index (χ1n) is 6.03. The topological polar surface area (TPSA) is 50.9 Å². The van der Waals surface area contributed by atoms with Crippen LogP contribution in [0, 0.1) is 13.8 Å². The molecule has 0 aliphatic heterocycles. The summed E-state index contributed by atoms with van der Waals surface area (Å²) in [5, 5.41) is 1.06. The lowest BCUT2D eigenvalue weighted by Crippen LogP contribution is -2.13. The van der Waals surface area contributed by atoms with E-state index >= 15 is 0 Å². The summed E-state index contributed by atoms with van der Waals surface area (Å²) in [6.45, 7) is 8.41. The van der Waals surface area contributed by atoms with Gasteiger partial charge in [0.1, 0.15) is 0 Å². The SMILES string of the molecule is Cc1nc2c(C)ccc(Br)c2c(NN)c1C(C)C. The summed E-state index contributed by atoms with van der Waals surface area (Å²) in [6.07, 6.45) is 0. The molecule has 18 heavy (non-hydrogen) atoms. The van der Waals surface area contributed by atoms with E-state index in [1.807, 2.05) is 13.0 Å². The molecule has 0 saturated carbocycles. The average Bonchev–Trinajstić information content (AvgIpc) is 2.32. The first kappa shape index (κ1) is 13.3. The fraction of sp³-hybridized carbons (Fsp3) is 0.357. The van der Waals surface area contributed by atoms with E-state index in [2.05, 4.69) is 48.2 Å². The molecule has 0 saturated heterocycles. The molecule has 4 heteroatoms. The predicted octanol–water partition coefficient (Wildman–Crippen LogP) is 4.02. The molecule has 0 spiro atoms. The number of nitrogens with two attached hydrogens (primary N) is 1. The molecular formula is C14H18BrN3. The third kappa shape index (κ3) is 1.99. The van der Waals surface area contributed by atoms with Gasteiger partial charge in [0.2, 0.25) is 0 Å². The number of pyridine rings is 1. The second-order valence-electron chi connectivity index (χ2n) is 4.87. The van der Waals surface area contributed by atoms with E-state index in [1.54, 1.807) is 0 Å². The summed E-state index contributed by atoms with van der Waals surface area (Å²) in [5.74, 6) is 6.12. The molecule has 0 atom stereocenters. The van der Waals surface area contributed by atoms with Crippen LogP contribution in [0.2, 0.25) is 0 Å². The number of anilines is 1. The normalized spacial score (nSPS) is 11.3. The summed E-state index contributed by atoms with van der Waals surface area (Å²) in [5.41, 5.74) is 8.20. The van der Waals surface area contributed by atoms with Gasteiger partial charge in [-0.15, -0.1) is 0 Å². The monoisotopic (exact) mass is 307 g/mol. The van der Waals surface area contributed by atoms with Crippen molar-refractivity contribution in [2.24, 2.45) is 5.84 Å². The highest BCUT2D eigenvalue weighted by Crippen LogP contribution is 2.37. The zero-order chi connectivity index (χ0) is 13.4. The largest absolute Gasteiger partial charge is 0.323 e. The number of rotatable bonds is 2. The van der Waals surface area contributed by atoms with Crippen LogP contribution in [0.3, 0.4) is 0 Å². The molecule has 3 nitrogen and oxygen atoms in total. The first-order chi connectivity index (χ1) is 8.47. The van der Waals surface area contributed by atoms with Crippen LogP contribution in [-0.4, -0.2) is 4.98 Å². The molecule has 1 aromatic heterocycles. The summed E-state index contributed by atoms with van der Waals surface area (Å²) < 4.78 is 1.02. The minimum absolute atomic E-state index is 0.375. The van der Waals surface area contributed by atoms with E-state index in [1.165, 1.54) is 5.56 Å². The molecule has 1 aromatic carbocycles. The van der Waals surface area contributed by atoms with Gasteiger partial charge in [0.15, 0.2) is 0 Å². The van der Waals surface area contributed by atoms with Crippen molar-refractivity contribution < 1.29 is 0 Å². The van der Waals surface area contributed by atoms with Gasteiger partial charge in [-0.05, 0) is 31.4 Å². The van der Waals surface area contributed by atoms with Crippen LogP contribution < -0.4 is 11.3 Å². The second-order valence-corrected chi connectivity index (χ2v) is 5.73. The van der Waals surface area contributed by atoms with Gasteiger partial charge in [0.05, 0.1) is 11.2 Å². The molecular weight excluding hydrogens is 290 g/mol. The number of nitrogen functional groups attached to an aromatic ring is 1. The van der Waals surface area contributed by atoms with Gasteiger partial charge in [-0.1, -0.05) is 35.8 Å². The lowest BCUT2D eigenvalue weighted by molar-refractivity contribution is 0.848. The zero-order valence-electron chi connectivity index (χ0n) is 11.1. The molecule has 0 amide bonds. The van der Waals surface area contributed by atoms with Gasteiger partial charge >= 0.3 is 0 Å². The molecule has 1 heterocycles. The van der Waals surface area contributed by atoms with Crippen LogP contribution in [0.4, 0.5) is 5.69 Å².